The van der Waals surface area contributed by atoms with Crippen LogP contribution in [0.2, 0.25) is 0 Å². The van der Waals surface area contributed by atoms with Crippen LogP contribution in [-0.2, 0) is 0 Å². The molecule has 0 amide bonds. The SMILES string of the molecule is Cc1cc2c(=O)[nH]c(SCCC#N)nc2s1. The zero-order chi connectivity index (χ0) is 11.5. The topological polar surface area (TPSA) is 69.5 Å². The molecule has 0 aliphatic heterocycles. The number of aromatic amines is 1. The van der Waals surface area contributed by atoms with Gasteiger partial charge in [0.2, 0.25) is 0 Å². The van der Waals surface area contributed by atoms with Crippen molar-refractivity contribution in [1.29, 1.82) is 5.26 Å². The summed E-state index contributed by atoms with van der Waals surface area (Å²) in [6.45, 7) is 1.95. The zero-order valence-corrected chi connectivity index (χ0v) is 10.2. The van der Waals surface area contributed by atoms with E-state index in [1.54, 1.807) is 0 Å². The van der Waals surface area contributed by atoms with Gasteiger partial charge in [-0.25, -0.2) is 4.98 Å². The second-order valence-electron chi connectivity index (χ2n) is 3.20. The van der Waals surface area contributed by atoms with Gasteiger partial charge in [-0.3, -0.25) is 4.79 Å². The highest BCUT2D eigenvalue weighted by molar-refractivity contribution is 7.99. The van der Waals surface area contributed by atoms with Gasteiger partial charge in [-0.05, 0) is 13.0 Å². The van der Waals surface area contributed by atoms with Gasteiger partial charge < -0.3 is 4.98 Å². The average molecular weight is 251 g/mol. The third-order valence-corrected chi connectivity index (χ3v) is 3.78. The lowest BCUT2D eigenvalue weighted by Gasteiger charge is -1.97. The molecule has 2 heterocycles. The van der Waals surface area contributed by atoms with E-state index in [0.29, 0.717) is 22.7 Å². The Kier molecular flexibility index (Phi) is 3.27. The van der Waals surface area contributed by atoms with Crippen molar-refractivity contribution in [2.24, 2.45) is 0 Å². The minimum absolute atomic E-state index is 0.103. The number of nitriles is 1. The second-order valence-corrected chi connectivity index (χ2v) is 5.52. The molecule has 2 aromatic heterocycles. The van der Waals surface area contributed by atoms with Crippen LogP contribution >= 0.6 is 23.1 Å². The molecular weight excluding hydrogens is 242 g/mol. The van der Waals surface area contributed by atoms with Crippen molar-refractivity contribution in [1.82, 2.24) is 9.97 Å². The van der Waals surface area contributed by atoms with Crippen LogP contribution in [0.5, 0.6) is 0 Å². The highest BCUT2D eigenvalue weighted by Crippen LogP contribution is 2.22. The Morgan fingerprint density at radius 1 is 1.69 bits per heavy atom. The number of fused-ring (bicyclic) bond motifs is 1. The summed E-state index contributed by atoms with van der Waals surface area (Å²) < 4.78 is 0. The monoisotopic (exact) mass is 251 g/mol. The average Bonchev–Trinajstić information content (AvgIpc) is 2.60. The molecule has 1 N–H and O–H groups in total. The highest BCUT2D eigenvalue weighted by atomic mass is 32.2. The first-order valence-electron chi connectivity index (χ1n) is 4.71. The molecule has 6 heteroatoms. The van der Waals surface area contributed by atoms with E-state index in [-0.39, 0.29) is 5.56 Å². The summed E-state index contributed by atoms with van der Waals surface area (Å²) >= 11 is 2.91. The number of aromatic nitrogens is 2. The molecule has 2 rings (SSSR count). The van der Waals surface area contributed by atoms with Crippen LogP contribution in [0.25, 0.3) is 10.2 Å². The number of H-pyrrole nitrogens is 1. The first-order valence-corrected chi connectivity index (χ1v) is 6.51. The molecule has 0 bridgehead atoms. The summed E-state index contributed by atoms with van der Waals surface area (Å²) in [6.07, 6.45) is 0.454. The third kappa shape index (κ3) is 2.26. The van der Waals surface area contributed by atoms with Gasteiger partial charge in [0.25, 0.3) is 5.56 Å². The molecule has 0 radical (unpaired) electrons. The first-order chi connectivity index (χ1) is 7.70. The standard InChI is InChI=1S/C10H9N3OS2/c1-6-5-7-8(14)12-10(13-9(7)16-6)15-4-2-3-11/h5H,2,4H2,1H3,(H,12,13,14). The Bertz CT molecular complexity index is 609. The van der Waals surface area contributed by atoms with Crippen LogP contribution in [0.15, 0.2) is 16.0 Å². The summed E-state index contributed by atoms with van der Waals surface area (Å²) in [5.41, 5.74) is -0.103. The molecule has 0 aliphatic carbocycles. The van der Waals surface area contributed by atoms with Crippen LogP contribution in [0.4, 0.5) is 0 Å². The van der Waals surface area contributed by atoms with Crippen molar-refractivity contribution in [3.8, 4) is 6.07 Å². The molecule has 0 aliphatic rings. The number of hydrogen-bond acceptors (Lipinski definition) is 5. The van der Waals surface area contributed by atoms with Crippen LogP contribution in [0, 0.1) is 18.3 Å². The summed E-state index contributed by atoms with van der Waals surface area (Å²) in [6, 6.07) is 3.90. The Balaban J connectivity index is 2.35. The molecule has 0 aromatic carbocycles. The number of hydrogen-bond donors (Lipinski definition) is 1. The minimum Gasteiger partial charge on any atom is -0.301 e. The van der Waals surface area contributed by atoms with E-state index in [2.05, 4.69) is 16.0 Å². The predicted molar refractivity (Wildman–Crippen MR) is 65.9 cm³/mol. The van der Waals surface area contributed by atoms with Crippen LogP contribution in [0.1, 0.15) is 11.3 Å². The Hall–Kier alpha value is -1.32. The lowest BCUT2D eigenvalue weighted by atomic mass is 10.4. The van der Waals surface area contributed by atoms with Gasteiger partial charge in [0, 0.05) is 17.1 Å². The van der Waals surface area contributed by atoms with E-state index in [9.17, 15) is 4.79 Å². The number of nitrogens with zero attached hydrogens (tertiary/aromatic N) is 2. The summed E-state index contributed by atoms with van der Waals surface area (Å²) in [4.78, 5) is 20.6. The number of nitrogens with one attached hydrogen (secondary N) is 1. The van der Waals surface area contributed by atoms with Crippen LogP contribution in [0.3, 0.4) is 0 Å². The second kappa shape index (κ2) is 4.68. The molecule has 82 valence electrons. The molecule has 0 unspecified atom stereocenters. The molecular formula is C10H9N3OS2. The Morgan fingerprint density at radius 3 is 3.25 bits per heavy atom. The minimum atomic E-state index is -0.103. The van der Waals surface area contributed by atoms with Crippen LogP contribution < -0.4 is 5.56 Å². The normalized spacial score (nSPS) is 10.5. The molecule has 0 fully saturated rings. The number of aryl methyl sites for hydroxylation is 1. The van der Waals surface area contributed by atoms with Gasteiger partial charge in [0.05, 0.1) is 11.5 Å². The fourth-order valence-corrected chi connectivity index (χ4v) is 2.94. The van der Waals surface area contributed by atoms with E-state index in [4.69, 9.17) is 5.26 Å². The lowest BCUT2D eigenvalue weighted by Crippen LogP contribution is -2.07. The Morgan fingerprint density at radius 2 is 2.50 bits per heavy atom. The maximum absolute atomic E-state index is 11.7. The smallest absolute Gasteiger partial charge is 0.260 e. The quantitative estimate of drug-likeness (QED) is 0.516. The largest absolute Gasteiger partial charge is 0.301 e. The highest BCUT2D eigenvalue weighted by Gasteiger charge is 2.06. The fourth-order valence-electron chi connectivity index (χ4n) is 1.29. The summed E-state index contributed by atoms with van der Waals surface area (Å²) in [5.74, 6) is 0.648. The maximum atomic E-state index is 11.7. The van der Waals surface area contributed by atoms with Crippen LogP contribution in [-0.4, -0.2) is 15.7 Å². The summed E-state index contributed by atoms with van der Waals surface area (Å²) in [7, 11) is 0. The Labute approximate surface area is 100 Å². The van der Waals surface area contributed by atoms with Gasteiger partial charge in [-0.1, -0.05) is 11.8 Å². The van der Waals surface area contributed by atoms with Crippen molar-refractivity contribution in [2.75, 3.05) is 5.75 Å². The lowest BCUT2D eigenvalue weighted by molar-refractivity contribution is 0.978. The van der Waals surface area contributed by atoms with Crippen molar-refractivity contribution in [2.45, 2.75) is 18.5 Å². The van der Waals surface area contributed by atoms with E-state index >= 15 is 0 Å². The number of thioether (sulfide) groups is 1. The van der Waals surface area contributed by atoms with Gasteiger partial charge >= 0.3 is 0 Å². The molecule has 0 saturated carbocycles. The van der Waals surface area contributed by atoms with E-state index in [0.717, 1.165) is 9.71 Å². The van der Waals surface area contributed by atoms with Gasteiger partial charge in [-0.15, -0.1) is 11.3 Å². The molecule has 0 atom stereocenters. The zero-order valence-electron chi connectivity index (χ0n) is 8.61. The van der Waals surface area contributed by atoms with E-state index in [1.165, 1.54) is 23.1 Å². The van der Waals surface area contributed by atoms with Crippen molar-refractivity contribution < 1.29 is 0 Å². The molecule has 2 aromatic rings. The molecule has 0 spiro atoms. The first kappa shape index (κ1) is 11.2. The number of thiophene rings is 1. The van der Waals surface area contributed by atoms with Crippen molar-refractivity contribution in [3.05, 3.63) is 21.3 Å². The number of rotatable bonds is 3. The van der Waals surface area contributed by atoms with E-state index < -0.39 is 0 Å². The predicted octanol–water partition coefficient (Wildman–Crippen LogP) is 2.30. The third-order valence-electron chi connectivity index (χ3n) is 1.96. The maximum Gasteiger partial charge on any atom is 0.260 e. The van der Waals surface area contributed by atoms with Gasteiger partial charge in [0.1, 0.15) is 4.83 Å². The van der Waals surface area contributed by atoms with E-state index in [1.807, 2.05) is 13.0 Å². The molecule has 16 heavy (non-hydrogen) atoms. The van der Waals surface area contributed by atoms with Crippen molar-refractivity contribution in [3.63, 3.8) is 0 Å². The fraction of sp³-hybridized carbons (Fsp3) is 0.300. The van der Waals surface area contributed by atoms with Gasteiger partial charge in [-0.2, -0.15) is 5.26 Å². The molecule has 0 saturated heterocycles. The summed E-state index contributed by atoms with van der Waals surface area (Å²) in [5, 5.41) is 9.66. The van der Waals surface area contributed by atoms with Gasteiger partial charge in [0.15, 0.2) is 5.16 Å². The molecule has 4 nitrogen and oxygen atoms in total. The van der Waals surface area contributed by atoms with Crippen molar-refractivity contribution >= 4 is 33.3 Å².